The number of hydrogen-bond donors (Lipinski definition) is 1. The molecule has 0 spiro atoms. The molecule has 4 heteroatoms. The Labute approximate surface area is 108 Å². The molecule has 96 valence electrons. The predicted octanol–water partition coefficient (Wildman–Crippen LogP) is 1.77. The Morgan fingerprint density at radius 2 is 2.39 bits per heavy atom. The van der Waals surface area contributed by atoms with Crippen LogP contribution < -0.4 is 5.73 Å². The summed E-state index contributed by atoms with van der Waals surface area (Å²) in [5.41, 5.74) is 7.26. The quantitative estimate of drug-likeness (QED) is 0.595. The highest BCUT2D eigenvalue weighted by atomic mass is 16.2. The van der Waals surface area contributed by atoms with Gasteiger partial charge in [-0.3, -0.25) is 0 Å². The van der Waals surface area contributed by atoms with Gasteiger partial charge in [-0.25, -0.2) is 4.79 Å². The van der Waals surface area contributed by atoms with E-state index in [9.17, 15) is 4.79 Å². The summed E-state index contributed by atoms with van der Waals surface area (Å²) in [6.45, 7) is 4.59. The number of terminal acetylenes is 1. The maximum absolute atomic E-state index is 11.7. The highest BCUT2D eigenvalue weighted by molar-refractivity contribution is 6.03. The smallest absolute Gasteiger partial charge is 0.346 e. The number of nitrogens with zero attached hydrogens (tertiary/aromatic N) is 2. The monoisotopic (exact) mass is 245 g/mol. The van der Waals surface area contributed by atoms with Crippen LogP contribution >= 0.6 is 0 Å². The standard InChI is InChI=1S/C14H19N3O/c1-4-5-17-12(13(15)16-14(17)18)11-7-9(2)6-10(3)8-11/h1,6,9,11-12H,5,7-8H2,2-3H3,(H2,15,16,18). The van der Waals surface area contributed by atoms with Gasteiger partial charge >= 0.3 is 6.03 Å². The number of amidine groups is 1. The maximum atomic E-state index is 11.7. The topological polar surface area (TPSA) is 58.7 Å². The Kier molecular flexibility index (Phi) is 3.42. The first-order valence-corrected chi connectivity index (χ1v) is 6.28. The van der Waals surface area contributed by atoms with Crippen molar-refractivity contribution in [3.05, 3.63) is 11.6 Å². The third kappa shape index (κ3) is 2.26. The lowest BCUT2D eigenvalue weighted by atomic mass is 9.79. The van der Waals surface area contributed by atoms with E-state index < -0.39 is 0 Å². The number of allylic oxidation sites excluding steroid dienone is 2. The Balaban J connectivity index is 2.21. The molecule has 2 amide bonds. The summed E-state index contributed by atoms with van der Waals surface area (Å²) in [7, 11) is 0. The summed E-state index contributed by atoms with van der Waals surface area (Å²) in [4.78, 5) is 17.2. The number of nitrogens with two attached hydrogens (primary N) is 1. The first kappa shape index (κ1) is 12.7. The van der Waals surface area contributed by atoms with E-state index in [0.717, 1.165) is 12.8 Å². The SMILES string of the molecule is C#CCN1C(=O)N=C(N)C1C1CC(C)=CC(C)C1. The van der Waals surface area contributed by atoms with Gasteiger partial charge in [-0.15, -0.1) is 6.42 Å². The van der Waals surface area contributed by atoms with Gasteiger partial charge in [-0.05, 0) is 31.6 Å². The van der Waals surface area contributed by atoms with Crippen molar-refractivity contribution in [1.82, 2.24) is 4.90 Å². The Bertz CT molecular complexity index is 458. The molecule has 0 saturated carbocycles. The molecule has 0 aromatic carbocycles. The van der Waals surface area contributed by atoms with Gasteiger partial charge in [0.1, 0.15) is 5.84 Å². The van der Waals surface area contributed by atoms with E-state index in [1.54, 1.807) is 4.90 Å². The van der Waals surface area contributed by atoms with Gasteiger partial charge in [0, 0.05) is 0 Å². The van der Waals surface area contributed by atoms with E-state index in [1.807, 2.05) is 0 Å². The fraction of sp³-hybridized carbons (Fsp3) is 0.571. The van der Waals surface area contributed by atoms with Crippen LogP contribution in [0.2, 0.25) is 0 Å². The summed E-state index contributed by atoms with van der Waals surface area (Å²) in [6.07, 6.45) is 9.58. The number of carbonyl (C=O) groups is 1. The van der Waals surface area contributed by atoms with Gasteiger partial charge in [0.2, 0.25) is 0 Å². The minimum atomic E-state index is -0.296. The lowest BCUT2D eigenvalue weighted by Gasteiger charge is -2.34. The average molecular weight is 245 g/mol. The zero-order chi connectivity index (χ0) is 13.3. The molecule has 1 aliphatic heterocycles. The van der Waals surface area contributed by atoms with E-state index in [-0.39, 0.29) is 18.6 Å². The van der Waals surface area contributed by atoms with E-state index in [1.165, 1.54) is 5.57 Å². The molecule has 4 nitrogen and oxygen atoms in total. The molecule has 18 heavy (non-hydrogen) atoms. The van der Waals surface area contributed by atoms with Gasteiger partial charge in [0.25, 0.3) is 0 Å². The van der Waals surface area contributed by atoms with Crippen LogP contribution in [-0.2, 0) is 0 Å². The van der Waals surface area contributed by atoms with Crippen LogP contribution in [0.3, 0.4) is 0 Å². The van der Waals surface area contributed by atoms with Crippen LogP contribution in [-0.4, -0.2) is 29.4 Å². The molecular weight excluding hydrogens is 226 g/mol. The minimum Gasteiger partial charge on any atom is -0.385 e. The predicted molar refractivity (Wildman–Crippen MR) is 72.0 cm³/mol. The second-order valence-corrected chi connectivity index (χ2v) is 5.29. The highest BCUT2D eigenvalue weighted by Crippen LogP contribution is 2.34. The molecule has 0 radical (unpaired) electrons. The van der Waals surface area contributed by atoms with Crippen molar-refractivity contribution in [3.8, 4) is 12.3 Å². The first-order valence-electron chi connectivity index (χ1n) is 6.28. The van der Waals surface area contributed by atoms with Gasteiger partial charge in [0.05, 0.1) is 12.6 Å². The Morgan fingerprint density at radius 1 is 1.67 bits per heavy atom. The molecule has 3 unspecified atom stereocenters. The van der Waals surface area contributed by atoms with Crippen molar-refractivity contribution in [3.63, 3.8) is 0 Å². The number of carbonyl (C=O) groups excluding carboxylic acids is 1. The van der Waals surface area contributed by atoms with Gasteiger partial charge in [-0.2, -0.15) is 4.99 Å². The fourth-order valence-electron chi connectivity index (χ4n) is 3.12. The molecule has 0 bridgehead atoms. The van der Waals surface area contributed by atoms with E-state index in [4.69, 9.17) is 12.2 Å². The van der Waals surface area contributed by atoms with Crippen molar-refractivity contribution in [2.45, 2.75) is 32.7 Å². The van der Waals surface area contributed by atoms with Crippen molar-refractivity contribution in [1.29, 1.82) is 0 Å². The molecule has 1 aliphatic carbocycles. The summed E-state index contributed by atoms with van der Waals surface area (Å²) in [5, 5.41) is 0. The van der Waals surface area contributed by atoms with Crippen LogP contribution in [0.25, 0.3) is 0 Å². The molecule has 0 aromatic rings. The number of amides is 2. The molecule has 1 heterocycles. The van der Waals surface area contributed by atoms with E-state index in [0.29, 0.717) is 17.7 Å². The molecular formula is C14H19N3O. The van der Waals surface area contributed by atoms with Gasteiger partial charge < -0.3 is 10.6 Å². The Morgan fingerprint density at radius 3 is 3.00 bits per heavy atom. The third-order valence-corrected chi connectivity index (χ3v) is 3.65. The molecule has 2 aliphatic rings. The summed E-state index contributed by atoms with van der Waals surface area (Å²) in [6, 6.07) is -0.421. The second-order valence-electron chi connectivity index (χ2n) is 5.29. The summed E-state index contributed by atoms with van der Waals surface area (Å²) < 4.78 is 0. The summed E-state index contributed by atoms with van der Waals surface area (Å²) in [5.74, 6) is 3.77. The van der Waals surface area contributed by atoms with Crippen LogP contribution in [0.1, 0.15) is 26.7 Å². The number of aliphatic imine (C=N–C) groups is 1. The lowest BCUT2D eigenvalue weighted by Crippen LogP contribution is -2.46. The zero-order valence-electron chi connectivity index (χ0n) is 10.9. The molecule has 2 N–H and O–H groups in total. The minimum absolute atomic E-state index is 0.125. The molecule has 0 saturated heterocycles. The van der Waals surface area contributed by atoms with Gasteiger partial charge in [0.15, 0.2) is 0 Å². The molecule has 2 rings (SSSR count). The normalized spacial score (nSPS) is 31.9. The lowest BCUT2D eigenvalue weighted by molar-refractivity contribution is 0.190. The van der Waals surface area contributed by atoms with Crippen molar-refractivity contribution in [2.24, 2.45) is 22.6 Å². The number of urea groups is 1. The van der Waals surface area contributed by atoms with Crippen molar-refractivity contribution in [2.75, 3.05) is 6.54 Å². The summed E-state index contributed by atoms with van der Waals surface area (Å²) >= 11 is 0. The largest absolute Gasteiger partial charge is 0.385 e. The van der Waals surface area contributed by atoms with Crippen LogP contribution in [0.15, 0.2) is 16.6 Å². The van der Waals surface area contributed by atoms with Crippen molar-refractivity contribution < 1.29 is 4.79 Å². The number of hydrogen-bond acceptors (Lipinski definition) is 2. The van der Waals surface area contributed by atoms with Crippen LogP contribution in [0.5, 0.6) is 0 Å². The van der Waals surface area contributed by atoms with Crippen LogP contribution in [0, 0.1) is 24.2 Å². The molecule has 0 fully saturated rings. The third-order valence-electron chi connectivity index (χ3n) is 3.65. The van der Waals surface area contributed by atoms with Gasteiger partial charge in [-0.1, -0.05) is 24.5 Å². The molecule has 0 aromatic heterocycles. The second kappa shape index (κ2) is 4.85. The highest BCUT2D eigenvalue weighted by Gasteiger charge is 2.39. The molecule has 3 atom stereocenters. The van der Waals surface area contributed by atoms with Crippen LogP contribution in [0.4, 0.5) is 4.79 Å². The zero-order valence-corrected chi connectivity index (χ0v) is 10.9. The Hall–Kier alpha value is -1.76. The van der Waals surface area contributed by atoms with E-state index >= 15 is 0 Å². The van der Waals surface area contributed by atoms with E-state index in [2.05, 4.69) is 30.8 Å². The van der Waals surface area contributed by atoms with Crippen molar-refractivity contribution >= 4 is 11.9 Å². The average Bonchev–Trinajstić information content (AvgIpc) is 2.53. The number of rotatable bonds is 2. The first-order chi connectivity index (χ1) is 8.52. The maximum Gasteiger partial charge on any atom is 0.346 e. The fourth-order valence-corrected chi connectivity index (χ4v) is 3.12.